The highest BCUT2D eigenvalue weighted by Crippen LogP contribution is 2.38. The van der Waals surface area contributed by atoms with Gasteiger partial charge in [0.05, 0.1) is 16.7 Å². The molecule has 0 bridgehead atoms. The SMILES string of the molecule is CCCSC1=C(C#N)C(c2ccc(C)s2)CC(=O)N1. The van der Waals surface area contributed by atoms with E-state index in [9.17, 15) is 10.1 Å². The Balaban J connectivity index is 2.35. The van der Waals surface area contributed by atoms with Gasteiger partial charge in [-0.25, -0.2) is 0 Å². The van der Waals surface area contributed by atoms with Crippen molar-refractivity contribution in [2.24, 2.45) is 0 Å². The Kier molecular flexibility index (Phi) is 4.67. The molecule has 1 aliphatic heterocycles. The van der Waals surface area contributed by atoms with Gasteiger partial charge in [-0.3, -0.25) is 4.79 Å². The van der Waals surface area contributed by atoms with E-state index in [0.717, 1.165) is 22.1 Å². The number of nitrogens with zero attached hydrogens (tertiary/aromatic N) is 1. The van der Waals surface area contributed by atoms with Gasteiger partial charge in [-0.05, 0) is 31.2 Å². The van der Waals surface area contributed by atoms with Crippen LogP contribution in [-0.4, -0.2) is 11.7 Å². The number of carbonyl (C=O) groups excluding carboxylic acids is 1. The van der Waals surface area contributed by atoms with Crippen LogP contribution in [0.3, 0.4) is 0 Å². The summed E-state index contributed by atoms with van der Waals surface area (Å²) in [4.78, 5) is 14.1. The van der Waals surface area contributed by atoms with E-state index in [1.165, 1.54) is 4.88 Å². The van der Waals surface area contributed by atoms with Crippen molar-refractivity contribution in [2.75, 3.05) is 5.75 Å². The van der Waals surface area contributed by atoms with Crippen LogP contribution < -0.4 is 5.32 Å². The van der Waals surface area contributed by atoms with Crippen LogP contribution in [0.25, 0.3) is 0 Å². The van der Waals surface area contributed by atoms with Gasteiger partial charge in [0.2, 0.25) is 5.91 Å². The molecule has 2 heterocycles. The van der Waals surface area contributed by atoms with Crippen LogP contribution in [0.1, 0.15) is 35.4 Å². The van der Waals surface area contributed by atoms with Gasteiger partial charge in [0.1, 0.15) is 0 Å². The van der Waals surface area contributed by atoms with Crippen LogP contribution in [0, 0.1) is 18.3 Å². The lowest BCUT2D eigenvalue weighted by Gasteiger charge is -2.23. The molecule has 1 aliphatic rings. The standard InChI is InChI=1S/C14H16N2OS2/c1-3-6-18-14-11(8-15)10(7-13(17)16-14)12-5-4-9(2)19-12/h4-5,10H,3,6-7H2,1-2H3,(H,16,17). The number of carbonyl (C=O) groups is 1. The summed E-state index contributed by atoms with van der Waals surface area (Å²) in [6, 6.07) is 6.36. The number of thioether (sulfide) groups is 1. The summed E-state index contributed by atoms with van der Waals surface area (Å²) < 4.78 is 0. The first-order chi connectivity index (χ1) is 9.15. The molecule has 0 spiro atoms. The van der Waals surface area contributed by atoms with Gasteiger partial charge in [0.15, 0.2) is 0 Å². The van der Waals surface area contributed by atoms with Crippen LogP contribution in [0.4, 0.5) is 0 Å². The summed E-state index contributed by atoms with van der Waals surface area (Å²) in [5, 5.41) is 13.0. The molecular weight excluding hydrogens is 276 g/mol. The maximum absolute atomic E-state index is 11.8. The molecule has 0 saturated heterocycles. The second kappa shape index (κ2) is 6.27. The number of hydrogen-bond acceptors (Lipinski definition) is 4. The lowest BCUT2D eigenvalue weighted by atomic mass is 9.92. The Labute approximate surface area is 121 Å². The molecule has 0 fully saturated rings. The molecule has 0 aromatic carbocycles. The van der Waals surface area contributed by atoms with Crippen LogP contribution in [0.2, 0.25) is 0 Å². The lowest BCUT2D eigenvalue weighted by molar-refractivity contribution is -0.120. The Morgan fingerprint density at radius 1 is 1.58 bits per heavy atom. The summed E-state index contributed by atoms with van der Waals surface area (Å²) in [6.07, 6.45) is 1.39. The summed E-state index contributed by atoms with van der Waals surface area (Å²) in [7, 11) is 0. The number of thiophene rings is 1. The Morgan fingerprint density at radius 2 is 2.37 bits per heavy atom. The summed E-state index contributed by atoms with van der Waals surface area (Å²) >= 11 is 3.24. The number of rotatable bonds is 4. The van der Waals surface area contributed by atoms with E-state index in [4.69, 9.17) is 0 Å². The molecule has 1 atom stereocenters. The van der Waals surface area contributed by atoms with E-state index in [-0.39, 0.29) is 11.8 Å². The van der Waals surface area contributed by atoms with E-state index < -0.39 is 0 Å². The largest absolute Gasteiger partial charge is 0.320 e. The zero-order valence-electron chi connectivity index (χ0n) is 11.0. The summed E-state index contributed by atoms with van der Waals surface area (Å²) in [6.45, 7) is 4.13. The van der Waals surface area contributed by atoms with Gasteiger partial charge in [-0.1, -0.05) is 6.92 Å². The van der Waals surface area contributed by atoms with Crippen LogP contribution >= 0.6 is 23.1 Å². The van der Waals surface area contributed by atoms with Crippen molar-refractivity contribution >= 4 is 29.0 Å². The Morgan fingerprint density at radius 3 is 2.95 bits per heavy atom. The predicted octanol–water partition coefficient (Wildman–Crippen LogP) is 3.54. The minimum atomic E-state index is -0.0724. The average Bonchev–Trinajstić information content (AvgIpc) is 2.82. The van der Waals surface area contributed by atoms with Crippen molar-refractivity contribution < 1.29 is 4.79 Å². The van der Waals surface area contributed by atoms with E-state index in [2.05, 4.69) is 18.3 Å². The number of amides is 1. The Hall–Kier alpha value is -1.25. The molecule has 0 radical (unpaired) electrons. The quantitative estimate of drug-likeness (QED) is 0.923. The lowest BCUT2D eigenvalue weighted by Crippen LogP contribution is -2.30. The van der Waals surface area contributed by atoms with Crippen molar-refractivity contribution in [1.82, 2.24) is 5.32 Å². The highest BCUT2D eigenvalue weighted by molar-refractivity contribution is 8.03. The third kappa shape index (κ3) is 3.20. The molecule has 19 heavy (non-hydrogen) atoms. The van der Waals surface area contributed by atoms with Crippen LogP contribution in [-0.2, 0) is 4.79 Å². The summed E-state index contributed by atoms with van der Waals surface area (Å²) in [5.74, 6) is 0.849. The Bertz CT molecular complexity index is 554. The zero-order valence-corrected chi connectivity index (χ0v) is 12.7. The van der Waals surface area contributed by atoms with E-state index >= 15 is 0 Å². The predicted molar refractivity (Wildman–Crippen MR) is 79.9 cm³/mol. The van der Waals surface area contributed by atoms with Gasteiger partial charge in [-0.2, -0.15) is 5.26 Å². The van der Waals surface area contributed by atoms with Gasteiger partial charge < -0.3 is 5.32 Å². The fraction of sp³-hybridized carbons (Fsp3) is 0.429. The van der Waals surface area contributed by atoms with Gasteiger partial charge >= 0.3 is 0 Å². The molecule has 100 valence electrons. The molecule has 5 heteroatoms. The summed E-state index contributed by atoms with van der Waals surface area (Å²) in [5.41, 5.74) is 0.708. The van der Waals surface area contributed by atoms with Crippen molar-refractivity contribution in [2.45, 2.75) is 32.6 Å². The zero-order chi connectivity index (χ0) is 13.8. The van der Waals surface area contributed by atoms with Crippen molar-refractivity contribution in [1.29, 1.82) is 5.26 Å². The smallest absolute Gasteiger partial charge is 0.225 e. The number of nitrogens with one attached hydrogen (secondary N) is 1. The van der Waals surface area contributed by atoms with Gasteiger partial charge in [-0.15, -0.1) is 23.1 Å². The molecule has 1 aromatic rings. The highest BCUT2D eigenvalue weighted by atomic mass is 32.2. The third-order valence-electron chi connectivity index (χ3n) is 2.91. The fourth-order valence-corrected chi connectivity index (χ4v) is 3.95. The fourth-order valence-electron chi connectivity index (χ4n) is 2.02. The van der Waals surface area contributed by atoms with Crippen LogP contribution in [0.5, 0.6) is 0 Å². The van der Waals surface area contributed by atoms with Crippen molar-refractivity contribution in [3.05, 3.63) is 32.5 Å². The molecule has 1 N–H and O–H groups in total. The number of hydrogen-bond donors (Lipinski definition) is 1. The topological polar surface area (TPSA) is 52.9 Å². The minimum absolute atomic E-state index is 0.00801. The van der Waals surface area contributed by atoms with E-state index in [0.29, 0.717) is 12.0 Å². The molecule has 2 rings (SSSR count). The first-order valence-electron chi connectivity index (χ1n) is 6.29. The first kappa shape index (κ1) is 14.2. The molecule has 3 nitrogen and oxygen atoms in total. The second-order valence-electron chi connectivity index (χ2n) is 4.46. The average molecular weight is 292 g/mol. The van der Waals surface area contributed by atoms with Gasteiger partial charge in [0.25, 0.3) is 0 Å². The van der Waals surface area contributed by atoms with E-state index in [1.807, 2.05) is 19.1 Å². The first-order valence-corrected chi connectivity index (χ1v) is 8.09. The normalized spacial score (nSPS) is 19.2. The molecule has 1 aromatic heterocycles. The monoisotopic (exact) mass is 292 g/mol. The van der Waals surface area contributed by atoms with E-state index in [1.54, 1.807) is 23.1 Å². The maximum Gasteiger partial charge on any atom is 0.225 e. The second-order valence-corrected chi connectivity index (χ2v) is 6.88. The van der Waals surface area contributed by atoms with Crippen molar-refractivity contribution in [3.8, 4) is 6.07 Å². The number of allylic oxidation sites excluding steroid dienone is 1. The molecule has 1 unspecified atom stereocenters. The molecule has 0 aliphatic carbocycles. The molecule has 1 amide bonds. The number of aryl methyl sites for hydroxylation is 1. The molecule has 0 saturated carbocycles. The maximum atomic E-state index is 11.8. The van der Waals surface area contributed by atoms with Crippen LogP contribution in [0.15, 0.2) is 22.7 Å². The third-order valence-corrected chi connectivity index (χ3v) is 5.25. The van der Waals surface area contributed by atoms with Crippen molar-refractivity contribution in [3.63, 3.8) is 0 Å². The minimum Gasteiger partial charge on any atom is -0.320 e. The van der Waals surface area contributed by atoms with Gasteiger partial charge in [0, 0.05) is 22.1 Å². The highest BCUT2D eigenvalue weighted by Gasteiger charge is 2.30. The molecular formula is C14H16N2OS2. The number of nitriles is 1.